The van der Waals surface area contributed by atoms with Gasteiger partial charge in [0.05, 0.1) is 0 Å². The standard InChI is InChI=1S/C20H22N2/c1-14-10-11-19-17(12-14)13-16-7-3-4-8-18(16)22(19)20-9-5-6-15(2)21-20/h3-4,7-8,10-12,20H,5-6,9,13H2,1-2H3. The number of hydrogen-bond acceptors (Lipinski definition) is 2. The highest BCUT2D eigenvalue weighted by molar-refractivity contribution is 5.84. The molecular formula is C20H22N2. The van der Waals surface area contributed by atoms with Crippen LogP contribution in [0.2, 0.25) is 0 Å². The lowest BCUT2D eigenvalue weighted by Crippen LogP contribution is -2.35. The first-order valence-electron chi connectivity index (χ1n) is 8.22. The summed E-state index contributed by atoms with van der Waals surface area (Å²) in [4.78, 5) is 7.44. The third kappa shape index (κ3) is 2.23. The van der Waals surface area contributed by atoms with E-state index >= 15 is 0 Å². The Balaban J connectivity index is 1.88. The van der Waals surface area contributed by atoms with Gasteiger partial charge in [0.1, 0.15) is 6.17 Å². The van der Waals surface area contributed by atoms with Crippen LogP contribution in [0.15, 0.2) is 47.5 Å². The molecular weight excluding hydrogens is 268 g/mol. The van der Waals surface area contributed by atoms with Gasteiger partial charge in [0.2, 0.25) is 0 Å². The molecule has 2 aliphatic heterocycles. The fourth-order valence-electron chi connectivity index (χ4n) is 3.75. The monoisotopic (exact) mass is 290 g/mol. The predicted octanol–water partition coefficient (Wildman–Crippen LogP) is 5.01. The van der Waals surface area contributed by atoms with E-state index in [1.54, 1.807) is 0 Å². The van der Waals surface area contributed by atoms with Gasteiger partial charge < -0.3 is 4.90 Å². The largest absolute Gasteiger partial charge is 0.318 e. The van der Waals surface area contributed by atoms with Crippen LogP contribution in [-0.2, 0) is 6.42 Å². The zero-order valence-corrected chi connectivity index (χ0v) is 13.3. The highest BCUT2D eigenvalue weighted by Gasteiger charge is 2.29. The van der Waals surface area contributed by atoms with Gasteiger partial charge in [-0.2, -0.15) is 0 Å². The van der Waals surface area contributed by atoms with Crippen LogP contribution in [0.3, 0.4) is 0 Å². The summed E-state index contributed by atoms with van der Waals surface area (Å²) in [6, 6.07) is 15.6. The highest BCUT2D eigenvalue weighted by Crippen LogP contribution is 2.41. The van der Waals surface area contributed by atoms with Crippen LogP contribution < -0.4 is 4.90 Å². The molecule has 0 bridgehead atoms. The molecule has 1 unspecified atom stereocenters. The van der Waals surface area contributed by atoms with Gasteiger partial charge in [0, 0.05) is 23.5 Å². The van der Waals surface area contributed by atoms with Gasteiger partial charge in [0.15, 0.2) is 0 Å². The van der Waals surface area contributed by atoms with Crippen molar-refractivity contribution in [2.24, 2.45) is 4.99 Å². The first-order chi connectivity index (χ1) is 10.7. The van der Waals surface area contributed by atoms with E-state index in [1.807, 2.05) is 0 Å². The third-order valence-electron chi connectivity index (χ3n) is 4.79. The molecule has 2 heterocycles. The Kier molecular flexibility index (Phi) is 3.25. The fraction of sp³-hybridized carbons (Fsp3) is 0.350. The Labute approximate surface area is 132 Å². The lowest BCUT2D eigenvalue weighted by Gasteiger charge is -2.39. The second-order valence-electron chi connectivity index (χ2n) is 6.54. The topological polar surface area (TPSA) is 15.6 Å². The molecule has 0 aliphatic carbocycles. The number of hydrogen-bond donors (Lipinski definition) is 0. The molecule has 0 spiro atoms. The van der Waals surface area contributed by atoms with Crippen molar-refractivity contribution >= 4 is 17.1 Å². The fourth-order valence-corrected chi connectivity index (χ4v) is 3.75. The molecule has 2 aromatic rings. The van der Waals surface area contributed by atoms with E-state index in [-0.39, 0.29) is 6.17 Å². The average Bonchev–Trinajstić information content (AvgIpc) is 2.52. The van der Waals surface area contributed by atoms with Crippen LogP contribution in [0.5, 0.6) is 0 Å². The number of anilines is 2. The predicted molar refractivity (Wildman–Crippen MR) is 93.3 cm³/mol. The van der Waals surface area contributed by atoms with Crippen LogP contribution >= 0.6 is 0 Å². The summed E-state index contributed by atoms with van der Waals surface area (Å²) in [6.45, 7) is 4.34. The average molecular weight is 290 g/mol. The lowest BCUT2D eigenvalue weighted by atomic mass is 9.93. The molecule has 0 saturated heterocycles. The molecule has 2 aromatic carbocycles. The second kappa shape index (κ2) is 5.28. The summed E-state index contributed by atoms with van der Waals surface area (Å²) in [6.07, 6.45) is 4.79. The van der Waals surface area contributed by atoms with Gasteiger partial charge >= 0.3 is 0 Å². The summed E-state index contributed by atoms with van der Waals surface area (Å²) in [5.41, 5.74) is 8.14. The van der Waals surface area contributed by atoms with E-state index in [9.17, 15) is 0 Å². The van der Waals surface area contributed by atoms with Crippen molar-refractivity contribution in [3.8, 4) is 0 Å². The second-order valence-corrected chi connectivity index (χ2v) is 6.54. The summed E-state index contributed by atoms with van der Waals surface area (Å²) >= 11 is 0. The first kappa shape index (κ1) is 13.6. The van der Waals surface area contributed by atoms with Crippen molar-refractivity contribution in [1.82, 2.24) is 0 Å². The molecule has 0 saturated carbocycles. The molecule has 0 radical (unpaired) electrons. The smallest absolute Gasteiger partial charge is 0.125 e. The van der Waals surface area contributed by atoms with E-state index in [2.05, 4.69) is 61.2 Å². The molecule has 112 valence electrons. The Hall–Kier alpha value is -2.09. The molecule has 0 fully saturated rings. The molecule has 0 amide bonds. The maximum Gasteiger partial charge on any atom is 0.125 e. The van der Waals surface area contributed by atoms with Crippen molar-refractivity contribution in [3.05, 3.63) is 59.2 Å². The van der Waals surface area contributed by atoms with Gasteiger partial charge in [-0.15, -0.1) is 0 Å². The number of aliphatic imine (C=N–C) groups is 1. The molecule has 0 aromatic heterocycles. The van der Waals surface area contributed by atoms with Crippen molar-refractivity contribution in [2.45, 2.75) is 45.7 Å². The molecule has 2 nitrogen and oxygen atoms in total. The Morgan fingerprint density at radius 1 is 1.00 bits per heavy atom. The maximum absolute atomic E-state index is 4.97. The van der Waals surface area contributed by atoms with E-state index in [0.29, 0.717) is 0 Å². The first-order valence-corrected chi connectivity index (χ1v) is 8.22. The maximum atomic E-state index is 4.97. The molecule has 1 atom stereocenters. The van der Waals surface area contributed by atoms with Gasteiger partial charge in [-0.25, -0.2) is 0 Å². The van der Waals surface area contributed by atoms with Gasteiger partial charge in [-0.1, -0.05) is 35.9 Å². The molecule has 22 heavy (non-hydrogen) atoms. The molecule has 2 aliphatic rings. The van der Waals surface area contributed by atoms with Gasteiger partial charge in [0.25, 0.3) is 0 Å². The third-order valence-corrected chi connectivity index (χ3v) is 4.79. The van der Waals surface area contributed by atoms with E-state index in [0.717, 1.165) is 19.3 Å². The number of rotatable bonds is 1. The Bertz CT molecular complexity index is 745. The molecule has 2 heteroatoms. The van der Waals surface area contributed by atoms with Gasteiger partial charge in [-0.05, 0) is 56.4 Å². The van der Waals surface area contributed by atoms with E-state index in [4.69, 9.17) is 4.99 Å². The number of benzene rings is 2. The van der Waals surface area contributed by atoms with E-state index in [1.165, 1.54) is 40.2 Å². The number of para-hydroxylation sites is 1. The zero-order valence-electron chi connectivity index (χ0n) is 13.3. The number of fused-ring (bicyclic) bond motifs is 2. The van der Waals surface area contributed by atoms with E-state index < -0.39 is 0 Å². The van der Waals surface area contributed by atoms with Gasteiger partial charge in [-0.3, -0.25) is 4.99 Å². The Morgan fingerprint density at radius 3 is 2.68 bits per heavy atom. The minimum absolute atomic E-state index is 0.247. The highest BCUT2D eigenvalue weighted by atomic mass is 15.3. The SMILES string of the molecule is CC1=NC(N2c3ccccc3Cc3cc(C)ccc32)CCC1. The van der Waals surface area contributed by atoms with Crippen molar-refractivity contribution in [3.63, 3.8) is 0 Å². The number of nitrogens with zero attached hydrogens (tertiary/aromatic N) is 2. The van der Waals surface area contributed by atoms with Crippen LogP contribution in [0.25, 0.3) is 0 Å². The van der Waals surface area contributed by atoms with Crippen molar-refractivity contribution < 1.29 is 0 Å². The molecule has 4 rings (SSSR count). The minimum Gasteiger partial charge on any atom is -0.318 e. The van der Waals surface area contributed by atoms with Crippen LogP contribution in [0.1, 0.15) is 42.9 Å². The van der Waals surface area contributed by atoms with Crippen molar-refractivity contribution in [1.29, 1.82) is 0 Å². The summed E-state index contributed by atoms with van der Waals surface area (Å²) in [5.74, 6) is 0. The summed E-state index contributed by atoms with van der Waals surface area (Å²) < 4.78 is 0. The minimum atomic E-state index is 0.247. The Morgan fingerprint density at radius 2 is 1.82 bits per heavy atom. The van der Waals surface area contributed by atoms with Crippen LogP contribution in [0, 0.1) is 6.92 Å². The number of aryl methyl sites for hydroxylation is 1. The molecule has 0 N–H and O–H groups in total. The summed E-state index contributed by atoms with van der Waals surface area (Å²) in [5, 5.41) is 0. The lowest BCUT2D eigenvalue weighted by molar-refractivity contribution is 0.570. The zero-order chi connectivity index (χ0) is 15.1. The summed E-state index contributed by atoms with van der Waals surface area (Å²) in [7, 11) is 0. The van der Waals surface area contributed by atoms with Crippen molar-refractivity contribution in [2.75, 3.05) is 4.90 Å². The quantitative estimate of drug-likeness (QED) is 0.721. The van der Waals surface area contributed by atoms with Crippen LogP contribution in [-0.4, -0.2) is 11.9 Å². The normalized spacial score (nSPS) is 20.2. The van der Waals surface area contributed by atoms with Crippen LogP contribution in [0.4, 0.5) is 11.4 Å².